The summed E-state index contributed by atoms with van der Waals surface area (Å²) in [5, 5.41) is 9.99. The zero-order valence-corrected chi connectivity index (χ0v) is 11.6. The third-order valence-corrected chi connectivity index (χ3v) is 3.47. The molecule has 3 heteroatoms. The molecule has 16 heavy (non-hydrogen) atoms. The van der Waals surface area contributed by atoms with E-state index in [4.69, 9.17) is 4.74 Å². The number of hydrogen-bond donors (Lipinski definition) is 1. The van der Waals surface area contributed by atoms with E-state index in [0.717, 1.165) is 10.0 Å². The fourth-order valence-corrected chi connectivity index (χ4v) is 2.09. The summed E-state index contributed by atoms with van der Waals surface area (Å²) in [6.45, 7) is 3.96. The van der Waals surface area contributed by atoms with E-state index in [9.17, 15) is 5.11 Å². The average Bonchev–Trinajstić information content (AvgIpc) is 2.21. The van der Waals surface area contributed by atoms with E-state index in [0.29, 0.717) is 12.8 Å². The minimum atomic E-state index is -0.381. The fraction of sp³-hybridized carbons (Fsp3) is 0.538. The maximum Gasteiger partial charge on any atom is 0.0647 e. The second-order valence-electron chi connectivity index (χ2n) is 4.62. The van der Waals surface area contributed by atoms with Crippen LogP contribution in [0.5, 0.6) is 0 Å². The minimum Gasteiger partial charge on any atom is -0.393 e. The van der Waals surface area contributed by atoms with Crippen molar-refractivity contribution in [2.45, 2.75) is 38.4 Å². The lowest BCUT2D eigenvalue weighted by Gasteiger charge is -2.26. The molecule has 0 bridgehead atoms. The van der Waals surface area contributed by atoms with E-state index in [1.807, 2.05) is 38.1 Å². The number of benzene rings is 1. The van der Waals surface area contributed by atoms with Gasteiger partial charge in [-0.15, -0.1) is 0 Å². The molecule has 1 rings (SSSR count). The SMILES string of the molecule is COC(C)(C)CC(O)Cc1ccccc1Br. The Kier molecular flexibility index (Phi) is 4.96. The summed E-state index contributed by atoms with van der Waals surface area (Å²) in [6, 6.07) is 7.96. The number of aliphatic hydroxyl groups is 1. The van der Waals surface area contributed by atoms with Crippen molar-refractivity contribution >= 4 is 15.9 Å². The van der Waals surface area contributed by atoms with E-state index >= 15 is 0 Å². The number of aliphatic hydroxyl groups excluding tert-OH is 1. The molecule has 0 aliphatic heterocycles. The Hall–Kier alpha value is -0.380. The maximum absolute atomic E-state index is 9.99. The molecule has 2 nitrogen and oxygen atoms in total. The smallest absolute Gasteiger partial charge is 0.0647 e. The van der Waals surface area contributed by atoms with Gasteiger partial charge in [0.2, 0.25) is 0 Å². The van der Waals surface area contributed by atoms with Gasteiger partial charge in [-0.1, -0.05) is 34.1 Å². The van der Waals surface area contributed by atoms with Crippen LogP contribution in [0.15, 0.2) is 28.7 Å². The second kappa shape index (κ2) is 5.80. The first-order valence-corrected chi connectivity index (χ1v) is 6.20. The summed E-state index contributed by atoms with van der Waals surface area (Å²) in [5.74, 6) is 0. The van der Waals surface area contributed by atoms with E-state index in [1.165, 1.54) is 0 Å². The van der Waals surface area contributed by atoms with Gasteiger partial charge < -0.3 is 9.84 Å². The molecule has 0 heterocycles. The van der Waals surface area contributed by atoms with Crippen molar-refractivity contribution < 1.29 is 9.84 Å². The highest BCUT2D eigenvalue weighted by Crippen LogP contribution is 2.22. The normalized spacial score (nSPS) is 13.8. The van der Waals surface area contributed by atoms with Gasteiger partial charge in [0.1, 0.15) is 0 Å². The van der Waals surface area contributed by atoms with Gasteiger partial charge in [0.25, 0.3) is 0 Å². The lowest BCUT2D eigenvalue weighted by molar-refractivity contribution is -0.0191. The molecule has 90 valence electrons. The van der Waals surface area contributed by atoms with Gasteiger partial charge in [-0.2, -0.15) is 0 Å². The monoisotopic (exact) mass is 286 g/mol. The van der Waals surface area contributed by atoms with E-state index < -0.39 is 0 Å². The largest absolute Gasteiger partial charge is 0.393 e. The van der Waals surface area contributed by atoms with Crippen LogP contribution in [0, 0.1) is 0 Å². The fourth-order valence-electron chi connectivity index (χ4n) is 1.64. The molecule has 0 aromatic heterocycles. The van der Waals surface area contributed by atoms with Gasteiger partial charge >= 0.3 is 0 Å². The van der Waals surface area contributed by atoms with Crippen molar-refractivity contribution in [3.8, 4) is 0 Å². The van der Waals surface area contributed by atoms with E-state index in [-0.39, 0.29) is 11.7 Å². The van der Waals surface area contributed by atoms with Gasteiger partial charge in [0, 0.05) is 18.0 Å². The number of ether oxygens (including phenoxy) is 1. The minimum absolute atomic E-state index is 0.277. The van der Waals surface area contributed by atoms with Crippen LogP contribution in [0.2, 0.25) is 0 Å². The van der Waals surface area contributed by atoms with Crippen LogP contribution in [-0.2, 0) is 11.2 Å². The van der Waals surface area contributed by atoms with E-state index in [1.54, 1.807) is 7.11 Å². The highest BCUT2D eigenvalue weighted by atomic mass is 79.9. The van der Waals surface area contributed by atoms with Crippen molar-refractivity contribution in [3.05, 3.63) is 34.3 Å². The molecule has 1 atom stereocenters. The van der Waals surface area contributed by atoms with Crippen molar-refractivity contribution in [2.24, 2.45) is 0 Å². The number of halogens is 1. The van der Waals surface area contributed by atoms with Crippen LogP contribution < -0.4 is 0 Å². The van der Waals surface area contributed by atoms with Crippen LogP contribution in [0.3, 0.4) is 0 Å². The summed E-state index contributed by atoms with van der Waals surface area (Å²) < 4.78 is 6.35. The molecule has 0 fully saturated rings. The molecule has 1 aromatic carbocycles. The Morgan fingerprint density at radius 3 is 2.56 bits per heavy atom. The van der Waals surface area contributed by atoms with Crippen LogP contribution in [-0.4, -0.2) is 23.9 Å². The Balaban J connectivity index is 2.58. The van der Waals surface area contributed by atoms with Crippen molar-refractivity contribution in [1.82, 2.24) is 0 Å². The first-order valence-electron chi connectivity index (χ1n) is 5.41. The van der Waals surface area contributed by atoms with Crippen molar-refractivity contribution in [3.63, 3.8) is 0 Å². The van der Waals surface area contributed by atoms with Gasteiger partial charge in [0.15, 0.2) is 0 Å². The highest BCUT2D eigenvalue weighted by Gasteiger charge is 2.21. The quantitative estimate of drug-likeness (QED) is 0.901. The lowest BCUT2D eigenvalue weighted by atomic mass is 9.96. The number of hydrogen-bond acceptors (Lipinski definition) is 2. The van der Waals surface area contributed by atoms with Gasteiger partial charge in [-0.25, -0.2) is 0 Å². The summed E-state index contributed by atoms with van der Waals surface area (Å²) in [7, 11) is 1.67. The third kappa shape index (κ3) is 4.24. The highest BCUT2D eigenvalue weighted by molar-refractivity contribution is 9.10. The summed E-state index contributed by atoms with van der Waals surface area (Å²) in [5.41, 5.74) is 0.850. The molecule has 1 aromatic rings. The first-order chi connectivity index (χ1) is 7.44. The summed E-state index contributed by atoms with van der Waals surface area (Å²) in [6.07, 6.45) is 0.896. The molecule has 0 aliphatic carbocycles. The first kappa shape index (κ1) is 13.7. The molecule has 0 spiro atoms. The molecule has 0 aliphatic rings. The average molecular weight is 287 g/mol. The van der Waals surface area contributed by atoms with Crippen LogP contribution in [0.4, 0.5) is 0 Å². The molecule has 0 radical (unpaired) electrons. The lowest BCUT2D eigenvalue weighted by Crippen LogP contribution is -2.29. The Morgan fingerprint density at radius 1 is 1.38 bits per heavy atom. The van der Waals surface area contributed by atoms with Gasteiger partial charge in [-0.05, 0) is 31.9 Å². The number of methoxy groups -OCH3 is 1. The number of rotatable bonds is 5. The Bertz CT molecular complexity index is 336. The van der Waals surface area contributed by atoms with E-state index in [2.05, 4.69) is 15.9 Å². The molecule has 0 saturated heterocycles. The zero-order chi connectivity index (χ0) is 12.2. The molecular formula is C13H19BrO2. The standard InChI is InChI=1S/C13H19BrO2/c1-13(2,16-3)9-11(15)8-10-6-4-5-7-12(10)14/h4-7,11,15H,8-9H2,1-3H3. The second-order valence-corrected chi connectivity index (χ2v) is 5.47. The molecule has 0 saturated carbocycles. The van der Waals surface area contributed by atoms with Crippen molar-refractivity contribution in [1.29, 1.82) is 0 Å². The maximum atomic E-state index is 9.99. The summed E-state index contributed by atoms with van der Waals surface area (Å²) in [4.78, 5) is 0. The molecule has 0 amide bonds. The van der Waals surface area contributed by atoms with Gasteiger partial charge in [-0.3, -0.25) is 0 Å². The Morgan fingerprint density at radius 2 is 2.00 bits per heavy atom. The van der Waals surface area contributed by atoms with Crippen LogP contribution in [0.1, 0.15) is 25.8 Å². The predicted molar refractivity (Wildman–Crippen MR) is 69.6 cm³/mol. The topological polar surface area (TPSA) is 29.5 Å². The summed E-state index contributed by atoms with van der Waals surface area (Å²) >= 11 is 3.48. The van der Waals surface area contributed by atoms with Gasteiger partial charge in [0.05, 0.1) is 11.7 Å². The molecule has 1 unspecified atom stereocenters. The Labute approximate surface area is 106 Å². The molecule has 1 N–H and O–H groups in total. The van der Waals surface area contributed by atoms with Crippen LogP contribution in [0.25, 0.3) is 0 Å². The molecular weight excluding hydrogens is 268 g/mol. The zero-order valence-electron chi connectivity index (χ0n) is 10.0. The van der Waals surface area contributed by atoms with Crippen LogP contribution >= 0.6 is 15.9 Å². The third-order valence-electron chi connectivity index (χ3n) is 2.69. The predicted octanol–water partition coefficient (Wildman–Crippen LogP) is 3.17. The van der Waals surface area contributed by atoms with Crippen molar-refractivity contribution in [2.75, 3.05) is 7.11 Å².